The quantitative estimate of drug-likeness (QED) is 0.0470. The lowest BCUT2D eigenvalue weighted by Crippen LogP contribution is -2.54. The number of benzene rings is 4. The van der Waals surface area contributed by atoms with Crippen molar-refractivity contribution in [3.8, 4) is 11.5 Å². The fraction of sp³-hybridized carbons (Fsp3) is 0.475. The maximum atomic E-state index is 13.4. The lowest BCUT2D eigenvalue weighted by molar-refractivity contribution is -0.136. The summed E-state index contributed by atoms with van der Waals surface area (Å²) in [6.45, 7) is 13.2. The maximum absolute atomic E-state index is 13.4. The Morgan fingerprint density at radius 2 is 1.41 bits per heavy atom. The highest BCUT2D eigenvalue weighted by molar-refractivity contribution is 6.26. The van der Waals surface area contributed by atoms with Gasteiger partial charge in [0.25, 0.3) is 11.8 Å². The van der Waals surface area contributed by atoms with Gasteiger partial charge in [0, 0.05) is 50.6 Å². The van der Waals surface area contributed by atoms with Crippen molar-refractivity contribution in [1.29, 1.82) is 0 Å². The zero-order chi connectivity index (χ0) is 52.1. The Morgan fingerprint density at radius 1 is 0.770 bits per heavy atom. The summed E-state index contributed by atoms with van der Waals surface area (Å²) in [5.41, 5.74) is 9.80. The second kappa shape index (κ2) is 22.8. The van der Waals surface area contributed by atoms with E-state index >= 15 is 0 Å². The van der Waals surface area contributed by atoms with E-state index in [9.17, 15) is 29.1 Å². The zero-order valence-electron chi connectivity index (χ0n) is 43.6. The summed E-state index contributed by atoms with van der Waals surface area (Å²) < 4.78 is 15.1. The van der Waals surface area contributed by atoms with E-state index in [1.54, 1.807) is 12.1 Å². The minimum absolute atomic E-state index is 0.0185. The predicted molar refractivity (Wildman–Crippen MR) is 281 cm³/mol. The standard InChI is InChI=1S/C59H71N7O8/c1-37-23-38(2)26-42(25-37)35-73-51-29-44-20-22-65-41(5)31-59(72,33-50(65)47(44)30-52(51)74-36-43-27-39(3)24-40(4)28-43)32-45-34-64(63-62-45)21-13-11-9-7-6-8-10-12-17-53(67)60-48-16-14-15-46-55(48)58(71)66(57(46)70)49-18-19-54(68)61-56(49)69/h14-16,23-30,34,41,49-50,72H,6-13,17-22,31-33,35-36H2,1-5H3,(H,60,67)(H,61,68,69). The van der Waals surface area contributed by atoms with Gasteiger partial charge < -0.3 is 19.9 Å². The molecule has 5 amide bonds. The normalized spacial score (nSPS) is 20.5. The largest absolute Gasteiger partial charge is 0.485 e. The Hall–Kier alpha value is -6.71. The van der Waals surface area contributed by atoms with Crippen molar-refractivity contribution in [2.24, 2.45) is 0 Å². The number of hydrogen-bond donors (Lipinski definition) is 3. The molecule has 15 nitrogen and oxygen atoms in total. The molecule has 5 heterocycles. The van der Waals surface area contributed by atoms with Crippen LogP contribution in [0.1, 0.15) is 167 Å². The summed E-state index contributed by atoms with van der Waals surface area (Å²) in [7, 11) is 0. The molecule has 0 saturated carbocycles. The van der Waals surface area contributed by atoms with Crippen molar-refractivity contribution in [1.82, 2.24) is 30.1 Å². The van der Waals surface area contributed by atoms with Crippen molar-refractivity contribution < 1.29 is 38.6 Å². The number of fused-ring (bicyclic) bond motifs is 4. The number of amides is 5. The van der Waals surface area contributed by atoms with Gasteiger partial charge >= 0.3 is 0 Å². The molecule has 4 unspecified atom stereocenters. The van der Waals surface area contributed by atoms with E-state index in [-0.39, 0.29) is 54.1 Å². The Bertz CT molecular complexity index is 2890. The van der Waals surface area contributed by atoms with Gasteiger partial charge in [-0.1, -0.05) is 108 Å². The summed E-state index contributed by atoms with van der Waals surface area (Å²) in [5, 5.41) is 26.4. The number of hydrogen-bond acceptors (Lipinski definition) is 11. The first-order valence-electron chi connectivity index (χ1n) is 26.7. The number of carbonyl (C=O) groups is 5. The highest BCUT2D eigenvalue weighted by Crippen LogP contribution is 2.47. The molecule has 4 aliphatic heterocycles. The molecule has 0 bridgehead atoms. The summed E-state index contributed by atoms with van der Waals surface area (Å²) in [5.74, 6) is -1.15. The van der Waals surface area contributed by atoms with Crippen molar-refractivity contribution >= 4 is 35.2 Å². The van der Waals surface area contributed by atoms with Gasteiger partial charge in [-0.3, -0.25) is 43.8 Å². The SMILES string of the molecule is Cc1cc(C)cc(COc2cc3c(cc2OCc2cc(C)cc(C)c2)C2CC(O)(Cc4cn(CCCCCCCCCCC(=O)Nc5cccc6c5C(=O)N(C5CCC(=O)NC5=O)C6=O)nn4)CC(C)N2CC3)c1. The van der Waals surface area contributed by atoms with Crippen molar-refractivity contribution in [3.63, 3.8) is 0 Å². The monoisotopic (exact) mass is 1010 g/mol. The summed E-state index contributed by atoms with van der Waals surface area (Å²) in [4.78, 5) is 67.0. The number of unbranched alkanes of at least 4 members (excludes halogenated alkanes) is 7. The van der Waals surface area contributed by atoms with Crippen LogP contribution < -0.4 is 20.1 Å². The average Bonchev–Trinajstić information content (AvgIpc) is 3.90. The van der Waals surface area contributed by atoms with E-state index in [0.29, 0.717) is 38.9 Å². The van der Waals surface area contributed by atoms with Crippen LogP contribution in [-0.4, -0.2) is 83.7 Å². The molecule has 4 atom stereocenters. The number of rotatable bonds is 21. The van der Waals surface area contributed by atoms with E-state index < -0.39 is 35.3 Å². The molecule has 390 valence electrons. The molecule has 2 fully saturated rings. The Morgan fingerprint density at radius 3 is 2.07 bits per heavy atom. The third-order valence-corrected chi connectivity index (χ3v) is 15.2. The molecule has 5 aromatic rings. The van der Waals surface area contributed by atoms with Crippen LogP contribution in [0.15, 0.2) is 72.9 Å². The number of anilines is 1. The third kappa shape index (κ3) is 12.3. The smallest absolute Gasteiger partial charge is 0.264 e. The predicted octanol–water partition coefficient (Wildman–Crippen LogP) is 9.28. The number of piperidine rings is 2. The van der Waals surface area contributed by atoms with Crippen LogP contribution >= 0.6 is 0 Å². The van der Waals surface area contributed by atoms with Gasteiger partial charge in [0.05, 0.1) is 28.1 Å². The van der Waals surface area contributed by atoms with Crippen LogP contribution in [0.3, 0.4) is 0 Å². The molecule has 4 aliphatic rings. The molecule has 9 rings (SSSR count). The second-order valence-corrected chi connectivity index (χ2v) is 21.5. The van der Waals surface area contributed by atoms with Gasteiger partial charge in [-0.05, 0) is 120 Å². The van der Waals surface area contributed by atoms with Crippen LogP contribution in [-0.2, 0) is 47.0 Å². The minimum atomic E-state index is -1.07. The van der Waals surface area contributed by atoms with E-state index in [0.717, 1.165) is 97.7 Å². The Labute approximate surface area is 434 Å². The first-order valence-corrected chi connectivity index (χ1v) is 26.7. The van der Waals surface area contributed by atoms with E-state index in [1.165, 1.54) is 39.4 Å². The van der Waals surface area contributed by atoms with Crippen LogP contribution in [0.5, 0.6) is 11.5 Å². The van der Waals surface area contributed by atoms with Crippen molar-refractivity contribution in [2.45, 2.75) is 174 Å². The van der Waals surface area contributed by atoms with Crippen LogP contribution in [0, 0.1) is 27.7 Å². The number of aryl methyl sites for hydroxylation is 5. The van der Waals surface area contributed by atoms with Gasteiger partial charge in [-0.15, -0.1) is 5.10 Å². The lowest BCUT2D eigenvalue weighted by atomic mass is 9.75. The van der Waals surface area contributed by atoms with Gasteiger partial charge in [0.2, 0.25) is 17.7 Å². The van der Waals surface area contributed by atoms with Gasteiger partial charge in [-0.2, -0.15) is 0 Å². The number of nitrogens with one attached hydrogen (secondary N) is 2. The van der Waals surface area contributed by atoms with E-state index in [1.807, 2.05) is 10.9 Å². The van der Waals surface area contributed by atoms with Gasteiger partial charge in [0.1, 0.15) is 19.3 Å². The summed E-state index contributed by atoms with van der Waals surface area (Å²) in [6.07, 6.45) is 12.8. The van der Waals surface area contributed by atoms with Crippen LogP contribution in [0.4, 0.5) is 5.69 Å². The first-order chi connectivity index (χ1) is 35.6. The summed E-state index contributed by atoms with van der Waals surface area (Å²) in [6, 6.07) is 21.2. The molecule has 4 aromatic carbocycles. The minimum Gasteiger partial charge on any atom is -0.485 e. The fourth-order valence-electron chi connectivity index (χ4n) is 11.9. The zero-order valence-corrected chi connectivity index (χ0v) is 43.6. The van der Waals surface area contributed by atoms with Crippen molar-refractivity contribution in [3.05, 3.63) is 134 Å². The topological polar surface area (TPSA) is 185 Å². The molecule has 1 aromatic heterocycles. The third-order valence-electron chi connectivity index (χ3n) is 15.2. The van der Waals surface area contributed by atoms with Crippen molar-refractivity contribution in [2.75, 3.05) is 11.9 Å². The second-order valence-electron chi connectivity index (χ2n) is 21.5. The lowest BCUT2D eigenvalue weighted by Gasteiger charge is -2.50. The fourth-order valence-corrected chi connectivity index (χ4v) is 11.9. The number of aromatic nitrogens is 3. The molecule has 0 spiro atoms. The first kappa shape index (κ1) is 52.2. The molecule has 0 radical (unpaired) electrons. The number of aliphatic hydroxyl groups is 1. The molecule has 15 heteroatoms. The van der Waals surface area contributed by atoms with Crippen LogP contribution in [0.2, 0.25) is 0 Å². The van der Waals surface area contributed by atoms with Crippen LogP contribution in [0.25, 0.3) is 0 Å². The molecule has 2 saturated heterocycles. The molecular formula is C59H71N7O8. The van der Waals surface area contributed by atoms with Gasteiger partial charge in [0.15, 0.2) is 11.5 Å². The molecule has 3 N–H and O–H groups in total. The molecule has 74 heavy (non-hydrogen) atoms. The van der Waals surface area contributed by atoms with E-state index in [4.69, 9.17) is 9.47 Å². The maximum Gasteiger partial charge on any atom is 0.264 e. The number of ether oxygens (including phenoxy) is 2. The summed E-state index contributed by atoms with van der Waals surface area (Å²) >= 11 is 0. The highest BCUT2D eigenvalue weighted by atomic mass is 16.5. The van der Waals surface area contributed by atoms with E-state index in [2.05, 4.69) is 109 Å². The molecular weight excluding hydrogens is 935 g/mol. The number of carbonyl (C=O) groups excluding carboxylic acids is 5. The Kier molecular flexibility index (Phi) is 16.1. The number of nitrogens with zero attached hydrogens (tertiary/aromatic N) is 5. The average molecular weight is 1010 g/mol. The highest BCUT2D eigenvalue weighted by Gasteiger charge is 2.47. The number of imide groups is 2. The van der Waals surface area contributed by atoms with Gasteiger partial charge in [-0.25, -0.2) is 0 Å². The molecule has 0 aliphatic carbocycles. The Balaban J connectivity index is 0.719.